The monoisotopic (exact) mass is 476 g/mol. The van der Waals surface area contributed by atoms with E-state index in [1.54, 1.807) is 6.92 Å². The van der Waals surface area contributed by atoms with Gasteiger partial charge in [-0.05, 0) is 12.0 Å². The fraction of sp³-hybridized carbons (Fsp3) is 0.625. The van der Waals surface area contributed by atoms with E-state index >= 15 is 0 Å². The van der Waals surface area contributed by atoms with Crippen molar-refractivity contribution in [2.24, 2.45) is 0 Å². The van der Waals surface area contributed by atoms with Gasteiger partial charge in [0.1, 0.15) is 6.10 Å². The van der Waals surface area contributed by atoms with Gasteiger partial charge in [0.2, 0.25) is 0 Å². The maximum atomic E-state index is 13.9. The Kier molecular flexibility index (Phi) is 7.87. The lowest BCUT2D eigenvalue weighted by Gasteiger charge is -2.33. The Labute approximate surface area is 166 Å². The van der Waals surface area contributed by atoms with E-state index in [0.717, 1.165) is 0 Å². The topological polar surface area (TPSA) is 63.6 Å². The molecule has 0 saturated heterocycles. The minimum absolute atomic E-state index is 0.0499. The summed E-state index contributed by atoms with van der Waals surface area (Å²) in [5.74, 6) is -19.8. The summed E-state index contributed by atoms with van der Waals surface area (Å²) in [7, 11) is -5.00. The Balaban J connectivity index is 3.27. The van der Waals surface area contributed by atoms with Crippen molar-refractivity contribution in [3.8, 4) is 0 Å². The molecule has 0 spiro atoms. The zero-order valence-electron chi connectivity index (χ0n) is 15.2. The molecule has 0 aliphatic carbocycles. The van der Waals surface area contributed by atoms with E-state index in [1.807, 2.05) is 0 Å². The number of rotatable bonds is 10. The Hall–Kier alpha value is -1.54. The van der Waals surface area contributed by atoms with Gasteiger partial charge < -0.3 is 0 Å². The molecule has 30 heavy (non-hydrogen) atoms. The first kappa shape index (κ1) is 26.5. The zero-order valence-corrected chi connectivity index (χ0v) is 16.0. The Morgan fingerprint density at radius 3 is 1.80 bits per heavy atom. The molecule has 4 nitrogen and oxygen atoms in total. The molecule has 1 N–H and O–H groups in total. The molecular formula is C16H17F9O4S. The second-order valence-corrected chi connectivity index (χ2v) is 7.40. The van der Waals surface area contributed by atoms with Crippen molar-refractivity contribution >= 4 is 10.4 Å². The van der Waals surface area contributed by atoms with Crippen LogP contribution in [0.3, 0.4) is 0 Å². The largest absolute Gasteiger partial charge is 0.460 e. The van der Waals surface area contributed by atoms with Crippen LogP contribution in [0.2, 0.25) is 0 Å². The Morgan fingerprint density at radius 2 is 1.40 bits per heavy atom. The second-order valence-electron chi connectivity index (χ2n) is 6.35. The summed E-state index contributed by atoms with van der Waals surface area (Å²) < 4.78 is 152. The predicted molar refractivity (Wildman–Crippen MR) is 85.8 cm³/mol. The Morgan fingerprint density at radius 1 is 0.900 bits per heavy atom. The fourth-order valence-corrected chi connectivity index (χ4v) is 2.96. The van der Waals surface area contributed by atoms with Gasteiger partial charge in [0.25, 0.3) is 0 Å². The maximum Gasteiger partial charge on any atom is 0.460 e. The predicted octanol–water partition coefficient (Wildman–Crippen LogP) is 6.05. The van der Waals surface area contributed by atoms with Crippen LogP contribution < -0.4 is 0 Å². The van der Waals surface area contributed by atoms with Gasteiger partial charge in [-0.15, -0.1) is 0 Å². The average molecular weight is 476 g/mol. The molecule has 0 saturated carbocycles. The molecule has 1 atom stereocenters. The molecule has 0 aliphatic heterocycles. The van der Waals surface area contributed by atoms with E-state index < -0.39 is 46.0 Å². The summed E-state index contributed by atoms with van der Waals surface area (Å²) in [5.41, 5.74) is -2.08. The van der Waals surface area contributed by atoms with Crippen molar-refractivity contribution in [2.45, 2.75) is 62.7 Å². The molecule has 0 aromatic heterocycles. The number of hydrogen-bond acceptors (Lipinski definition) is 3. The van der Waals surface area contributed by atoms with Crippen LogP contribution in [0.15, 0.2) is 24.3 Å². The number of benzene rings is 1. The zero-order chi connectivity index (χ0) is 23.6. The molecule has 1 aromatic rings. The summed E-state index contributed by atoms with van der Waals surface area (Å²) >= 11 is 0. The Bertz CT molecular complexity index is 805. The third-order valence-corrected chi connectivity index (χ3v) is 4.57. The van der Waals surface area contributed by atoms with Crippen LogP contribution in [0.5, 0.6) is 0 Å². The first-order chi connectivity index (χ1) is 13.4. The van der Waals surface area contributed by atoms with E-state index in [9.17, 15) is 47.9 Å². The normalized spacial score (nSPS) is 15.3. The molecule has 0 amide bonds. The van der Waals surface area contributed by atoms with E-state index in [4.69, 9.17) is 4.55 Å². The van der Waals surface area contributed by atoms with Gasteiger partial charge in [-0.3, -0.25) is 4.55 Å². The minimum atomic E-state index is -7.03. The lowest BCUT2D eigenvalue weighted by molar-refractivity contribution is -0.399. The van der Waals surface area contributed by atoms with Crippen molar-refractivity contribution in [2.75, 3.05) is 0 Å². The molecule has 0 heterocycles. The highest BCUT2D eigenvalue weighted by Crippen LogP contribution is 2.56. The smallest absolute Gasteiger partial charge is 0.264 e. The molecule has 1 rings (SSSR count). The highest BCUT2D eigenvalue weighted by Gasteiger charge is 2.82. The van der Waals surface area contributed by atoms with Crippen LogP contribution in [-0.2, 0) is 20.5 Å². The van der Waals surface area contributed by atoms with Crippen LogP contribution in [0.4, 0.5) is 39.5 Å². The molecule has 174 valence electrons. The van der Waals surface area contributed by atoms with Gasteiger partial charge in [0.05, 0.1) is 0 Å². The summed E-state index contributed by atoms with van der Waals surface area (Å²) in [5, 5.41) is 0. The molecule has 0 bridgehead atoms. The van der Waals surface area contributed by atoms with Crippen molar-refractivity contribution < 1.29 is 56.7 Å². The number of halogens is 9. The van der Waals surface area contributed by atoms with Crippen molar-refractivity contribution in [3.05, 3.63) is 35.4 Å². The quantitative estimate of drug-likeness (QED) is 0.254. The van der Waals surface area contributed by atoms with Crippen LogP contribution >= 0.6 is 0 Å². The van der Waals surface area contributed by atoms with Gasteiger partial charge in [0.15, 0.2) is 0 Å². The summed E-state index contributed by atoms with van der Waals surface area (Å²) in [6.07, 6.45) is -6.79. The minimum Gasteiger partial charge on any atom is -0.264 e. The highest BCUT2D eigenvalue weighted by molar-refractivity contribution is 7.80. The number of unbranched alkanes of at least 4 members (excludes halogenated alkanes) is 2. The third kappa shape index (κ3) is 5.58. The second kappa shape index (κ2) is 8.91. The van der Waals surface area contributed by atoms with E-state index in [1.165, 1.54) is 0 Å². The van der Waals surface area contributed by atoms with Crippen LogP contribution in [0.25, 0.3) is 0 Å². The molecular weight excluding hydrogens is 459 g/mol. The standard InChI is InChI=1S/C16H17F9O4S/c1-2-3-4-5-12(29-30(26,27)28)10-6-8-11(9-7-10)13(17,18)14(19,20)15(21,22)16(23,24)25/h6-9,12H,2-5H2,1H3,(H,26,27,28). The van der Waals surface area contributed by atoms with Crippen LogP contribution in [0, 0.1) is 0 Å². The maximum absolute atomic E-state index is 13.9. The van der Waals surface area contributed by atoms with Crippen LogP contribution in [0.1, 0.15) is 49.8 Å². The highest BCUT2D eigenvalue weighted by atomic mass is 32.3. The first-order valence-corrected chi connectivity index (χ1v) is 9.71. The molecule has 1 aromatic carbocycles. The van der Waals surface area contributed by atoms with Crippen LogP contribution in [-0.4, -0.2) is 31.0 Å². The fourth-order valence-electron chi connectivity index (χ4n) is 2.46. The van der Waals surface area contributed by atoms with E-state index in [2.05, 4.69) is 4.18 Å². The van der Waals surface area contributed by atoms with Crippen molar-refractivity contribution in [1.29, 1.82) is 0 Å². The van der Waals surface area contributed by atoms with Gasteiger partial charge in [-0.2, -0.15) is 47.9 Å². The SMILES string of the molecule is CCCCCC(OS(=O)(=O)O)c1ccc(C(F)(F)C(F)(F)C(F)(F)C(F)(F)F)cc1. The molecule has 1 unspecified atom stereocenters. The lowest BCUT2D eigenvalue weighted by atomic mass is 9.94. The number of hydrogen-bond donors (Lipinski definition) is 1. The lowest BCUT2D eigenvalue weighted by Crippen LogP contribution is -2.59. The molecule has 0 radical (unpaired) electrons. The van der Waals surface area contributed by atoms with Crippen molar-refractivity contribution in [1.82, 2.24) is 0 Å². The molecule has 0 aliphatic rings. The third-order valence-electron chi connectivity index (χ3n) is 4.10. The van der Waals surface area contributed by atoms with Crippen molar-refractivity contribution in [3.63, 3.8) is 0 Å². The first-order valence-electron chi connectivity index (χ1n) is 8.34. The van der Waals surface area contributed by atoms with Gasteiger partial charge >= 0.3 is 34.3 Å². The van der Waals surface area contributed by atoms with Gasteiger partial charge in [0, 0.05) is 5.56 Å². The molecule has 14 heteroatoms. The summed E-state index contributed by atoms with van der Waals surface area (Å²) in [6.45, 7) is 1.80. The van der Waals surface area contributed by atoms with Gasteiger partial charge in [-0.25, -0.2) is 4.18 Å². The average Bonchev–Trinajstić information content (AvgIpc) is 2.59. The number of alkyl halides is 9. The van der Waals surface area contributed by atoms with Gasteiger partial charge in [-0.1, -0.05) is 50.5 Å². The summed E-state index contributed by atoms with van der Waals surface area (Å²) in [4.78, 5) is 0. The summed E-state index contributed by atoms with van der Waals surface area (Å²) in [6, 6.07) is 1.51. The molecule has 0 fully saturated rings. The van der Waals surface area contributed by atoms with E-state index in [0.29, 0.717) is 31.4 Å². The van der Waals surface area contributed by atoms with E-state index in [-0.39, 0.29) is 24.1 Å².